The van der Waals surface area contributed by atoms with Gasteiger partial charge >= 0.3 is 12.0 Å². The molecule has 4 atom stereocenters. The molecule has 2 N–H and O–H groups in total. The second kappa shape index (κ2) is 9.68. The topological polar surface area (TPSA) is 116 Å². The Labute approximate surface area is 213 Å². The lowest BCUT2D eigenvalue weighted by atomic mass is 10.1. The predicted molar refractivity (Wildman–Crippen MR) is 137 cm³/mol. The smallest absolute Gasteiger partial charge is 0.341 e. The molecule has 2 saturated heterocycles. The maximum atomic E-state index is 12.8. The van der Waals surface area contributed by atoms with Gasteiger partial charge in [0.1, 0.15) is 24.0 Å². The fourth-order valence-corrected chi connectivity index (χ4v) is 4.87. The Morgan fingerprint density at radius 2 is 1.84 bits per heavy atom. The van der Waals surface area contributed by atoms with E-state index >= 15 is 0 Å². The van der Waals surface area contributed by atoms with Crippen molar-refractivity contribution in [2.24, 2.45) is 0 Å². The van der Waals surface area contributed by atoms with Gasteiger partial charge in [0.15, 0.2) is 0 Å². The predicted octanol–water partition coefficient (Wildman–Crippen LogP) is 3.21. The van der Waals surface area contributed by atoms with Gasteiger partial charge in [0.25, 0.3) is 0 Å². The number of rotatable bonds is 6. The van der Waals surface area contributed by atoms with Gasteiger partial charge in [-0.05, 0) is 34.0 Å². The van der Waals surface area contributed by atoms with Crippen LogP contribution in [0.25, 0.3) is 10.8 Å². The Morgan fingerprint density at radius 1 is 1.03 bits per heavy atom. The van der Waals surface area contributed by atoms with E-state index in [0.29, 0.717) is 19.0 Å². The third-order valence-corrected chi connectivity index (χ3v) is 6.70. The number of nitrogens with one attached hydrogen (secondary N) is 2. The zero-order valence-electron chi connectivity index (χ0n) is 20.4. The SMILES string of the molecule is CN(C)c1cccc(Oc2nnnn2[C@H]2CO[C@H]3[C@@H]2OC[C@@H]3NC(=O)Nc2cccc3ccccc23)c1. The van der Waals surface area contributed by atoms with Crippen molar-refractivity contribution in [1.82, 2.24) is 25.5 Å². The minimum absolute atomic E-state index is 0.249. The largest absolute Gasteiger partial charge is 0.423 e. The Hall–Kier alpha value is -4.22. The van der Waals surface area contributed by atoms with Gasteiger partial charge in [-0.3, -0.25) is 0 Å². The standard InChI is InChI=1S/C26H27N7O4/c1-32(2)17-9-6-10-18(13-17)37-26-29-30-31-33(26)22-15-36-23-21(14-35-24(22)23)28-25(34)27-20-12-5-8-16-7-3-4-11-19(16)20/h3-13,21-24H,14-15H2,1-2H3,(H2,27,28,34)/t21-,22-,23+,24+/m0/s1. The van der Waals surface area contributed by atoms with Crippen molar-refractivity contribution in [2.75, 3.05) is 37.5 Å². The number of nitrogens with zero attached hydrogens (tertiary/aromatic N) is 5. The van der Waals surface area contributed by atoms with E-state index < -0.39 is 0 Å². The Kier molecular flexibility index (Phi) is 6.07. The molecule has 0 aliphatic carbocycles. The molecule has 2 aliphatic heterocycles. The first kappa shape index (κ1) is 23.2. The number of ether oxygens (including phenoxy) is 3. The zero-order valence-corrected chi connectivity index (χ0v) is 20.4. The van der Waals surface area contributed by atoms with Crippen LogP contribution in [0.4, 0.5) is 16.2 Å². The molecule has 0 spiro atoms. The van der Waals surface area contributed by atoms with Crippen LogP contribution in [0, 0.1) is 0 Å². The molecule has 2 amide bonds. The average Bonchev–Trinajstić information content (AvgIpc) is 3.62. The van der Waals surface area contributed by atoms with E-state index in [9.17, 15) is 4.79 Å². The molecule has 11 nitrogen and oxygen atoms in total. The van der Waals surface area contributed by atoms with E-state index in [0.717, 1.165) is 22.1 Å². The maximum absolute atomic E-state index is 12.8. The molecule has 3 heterocycles. The van der Waals surface area contributed by atoms with Crippen LogP contribution in [-0.2, 0) is 9.47 Å². The van der Waals surface area contributed by atoms with Crippen LogP contribution in [0.1, 0.15) is 6.04 Å². The van der Waals surface area contributed by atoms with Gasteiger partial charge in [0.05, 0.1) is 24.9 Å². The number of aromatic nitrogens is 4. The summed E-state index contributed by atoms with van der Waals surface area (Å²) in [5.74, 6) is 0.620. The van der Waals surface area contributed by atoms with Crippen molar-refractivity contribution in [3.05, 3.63) is 66.7 Å². The van der Waals surface area contributed by atoms with Crippen molar-refractivity contribution in [1.29, 1.82) is 0 Å². The second-order valence-electron chi connectivity index (χ2n) is 9.29. The van der Waals surface area contributed by atoms with E-state index in [1.165, 1.54) is 0 Å². The normalized spacial score (nSPS) is 22.5. The minimum atomic E-state index is -0.336. The first-order chi connectivity index (χ1) is 18.1. The van der Waals surface area contributed by atoms with Gasteiger partial charge in [-0.15, -0.1) is 0 Å². The lowest BCUT2D eigenvalue weighted by molar-refractivity contribution is 0.0613. The van der Waals surface area contributed by atoms with Crippen LogP contribution in [-0.4, -0.2) is 71.8 Å². The highest BCUT2D eigenvalue weighted by Gasteiger charge is 2.50. The van der Waals surface area contributed by atoms with E-state index in [-0.39, 0.29) is 36.3 Å². The minimum Gasteiger partial charge on any atom is -0.423 e. The molecule has 37 heavy (non-hydrogen) atoms. The van der Waals surface area contributed by atoms with Gasteiger partial charge in [0.2, 0.25) is 0 Å². The number of hydrogen-bond donors (Lipinski definition) is 2. The molecule has 3 aromatic carbocycles. The Balaban J connectivity index is 1.12. The van der Waals surface area contributed by atoms with Gasteiger partial charge in [-0.2, -0.15) is 4.68 Å². The van der Waals surface area contributed by atoms with E-state index in [1.807, 2.05) is 85.7 Å². The molecule has 2 aliphatic rings. The number of hydrogen-bond acceptors (Lipinski definition) is 8. The molecule has 190 valence electrons. The van der Waals surface area contributed by atoms with Crippen LogP contribution in [0.3, 0.4) is 0 Å². The summed E-state index contributed by atoms with van der Waals surface area (Å²) in [5, 5.41) is 20.0. The highest BCUT2D eigenvalue weighted by atomic mass is 16.6. The number of anilines is 2. The van der Waals surface area contributed by atoms with E-state index in [4.69, 9.17) is 14.2 Å². The van der Waals surface area contributed by atoms with Crippen molar-refractivity contribution in [3.63, 3.8) is 0 Å². The molecule has 0 bridgehead atoms. The molecule has 0 saturated carbocycles. The quantitative estimate of drug-likeness (QED) is 0.414. The second-order valence-corrected chi connectivity index (χ2v) is 9.29. The van der Waals surface area contributed by atoms with Crippen molar-refractivity contribution < 1.29 is 19.0 Å². The van der Waals surface area contributed by atoms with Gasteiger partial charge in [-0.1, -0.05) is 47.6 Å². The molecule has 0 unspecified atom stereocenters. The first-order valence-corrected chi connectivity index (χ1v) is 12.1. The third-order valence-electron chi connectivity index (χ3n) is 6.70. The average molecular weight is 502 g/mol. The Morgan fingerprint density at radius 3 is 2.73 bits per heavy atom. The van der Waals surface area contributed by atoms with E-state index in [1.54, 1.807) is 4.68 Å². The number of benzene rings is 3. The van der Waals surface area contributed by atoms with Crippen LogP contribution >= 0.6 is 0 Å². The van der Waals surface area contributed by atoms with Crippen molar-refractivity contribution >= 4 is 28.2 Å². The number of urea groups is 1. The number of carbonyl (C=O) groups is 1. The summed E-state index contributed by atoms with van der Waals surface area (Å²) in [5.41, 5.74) is 1.74. The van der Waals surface area contributed by atoms with Crippen molar-refractivity contribution in [3.8, 4) is 11.8 Å². The summed E-state index contributed by atoms with van der Waals surface area (Å²) in [6.45, 7) is 0.648. The summed E-state index contributed by atoms with van der Waals surface area (Å²) in [6, 6.07) is 20.7. The summed E-state index contributed by atoms with van der Waals surface area (Å²) < 4.78 is 19.7. The molecule has 4 aromatic rings. The Bertz CT molecular complexity index is 1420. The zero-order chi connectivity index (χ0) is 25.4. The van der Waals surface area contributed by atoms with Gasteiger partial charge in [-0.25, -0.2) is 4.79 Å². The lowest BCUT2D eigenvalue weighted by Crippen LogP contribution is -2.45. The maximum Gasteiger partial charge on any atom is 0.341 e. The molecule has 0 radical (unpaired) electrons. The monoisotopic (exact) mass is 501 g/mol. The molecule has 6 rings (SSSR count). The summed E-state index contributed by atoms with van der Waals surface area (Å²) in [6.07, 6.45) is -0.667. The van der Waals surface area contributed by atoms with Gasteiger partial charge in [0, 0.05) is 31.2 Å². The van der Waals surface area contributed by atoms with E-state index in [2.05, 4.69) is 26.2 Å². The van der Waals surface area contributed by atoms with Crippen LogP contribution in [0.5, 0.6) is 11.8 Å². The summed E-state index contributed by atoms with van der Waals surface area (Å²) in [4.78, 5) is 14.8. The van der Waals surface area contributed by atoms with Gasteiger partial charge < -0.3 is 29.7 Å². The fraction of sp³-hybridized carbons (Fsp3) is 0.308. The fourth-order valence-electron chi connectivity index (χ4n) is 4.87. The molecule has 2 fully saturated rings. The molecular weight excluding hydrogens is 474 g/mol. The number of tetrazole rings is 1. The van der Waals surface area contributed by atoms with Crippen LogP contribution in [0.2, 0.25) is 0 Å². The molecule has 11 heteroatoms. The lowest BCUT2D eigenvalue weighted by Gasteiger charge is -2.19. The summed E-state index contributed by atoms with van der Waals surface area (Å²) >= 11 is 0. The molecule has 1 aromatic heterocycles. The van der Waals surface area contributed by atoms with Crippen LogP contribution < -0.4 is 20.3 Å². The van der Waals surface area contributed by atoms with Crippen LogP contribution in [0.15, 0.2) is 66.7 Å². The summed E-state index contributed by atoms with van der Waals surface area (Å²) in [7, 11) is 3.92. The highest BCUT2D eigenvalue weighted by Crippen LogP contribution is 2.36. The number of amides is 2. The first-order valence-electron chi connectivity index (χ1n) is 12.1. The molecular formula is C26H27N7O4. The number of carbonyl (C=O) groups excluding carboxylic acids is 1. The highest BCUT2D eigenvalue weighted by molar-refractivity contribution is 6.01. The number of fused-ring (bicyclic) bond motifs is 2. The van der Waals surface area contributed by atoms with Crippen molar-refractivity contribution in [2.45, 2.75) is 24.3 Å². The third kappa shape index (κ3) is 4.54.